The summed E-state index contributed by atoms with van der Waals surface area (Å²) < 4.78 is 6.82. The molecule has 0 aliphatic rings. The van der Waals surface area contributed by atoms with E-state index in [2.05, 4.69) is 5.10 Å². The number of halogens is 1. The number of aliphatic hydroxyl groups is 1. The lowest BCUT2D eigenvalue weighted by Crippen LogP contribution is -2.32. The van der Waals surface area contributed by atoms with Crippen LogP contribution in [-0.4, -0.2) is 22.0 Å². The first-order valence-corrected chi connectivity index (χ1v) is 7.59. The molecule has 5 heteroatoms. The van der Waals surface area contributed by atoms with Crippen LogP contribution in [0.1, 0.15) is 16.8 Å². The van der Waals surface area contributed by atoms with Gasteiger partial charge in [-0.15, -0.1) is 0 Å². The van der Waals surface area contributed by atoms with Crippen LogP contribution in [0.2, 0.25) is 5.02 Å². The molecule has 0 amide bonds. The molecule has 1 unspecified atom stereocenters. The van der Waals surface area contributed by atoms with Gasteiger partial charge in [0.05, 0.1) is 5.69 Å². The number of aromatic nitrogens is 2. The molecule has 0 saturated heterocycles. The molecule has 3 rings (SSSR count). The molecule has 0 aliphatic carbocycles. The van der Waals surface area contributed by atoms with E-state index < -0.39 is 5.60 Å². The van der Waals surface area contributed by atoms with E-state index in [4.69, 9.17) is 16.3 Å². The molecular formula is C18H17ClN2O2. The highest BCUT2D eigenvalue weighted by Crippen LogP contribution is 2.36. The average Bonchev–Trinajstić information content (AvgIpc) is 3.05. The summed E-state index contributed by atoms with van der Waals surface area (Å²) in [4.78, 5) is 0. The van der Waals surface area contributed by atoms with E-state index in [9.17, 15) is 5.11 Å². The second-order valence-corrected chi connectivity index (χ2v) is 5.65. The van der Waals surface area contributed by atoms with Crippen LogP contribution in [0, 0.1) is 0 Å². The summed E-state index contributed by atoms with van der Waals surface area (Å²) in [5.74, 6) is 0. The number of ether oxygens (including phenoxy) is 1. The van der Waals surface area contributed by atoms with Crippen molar-refractivity contribution in [2.24, 2.45) is 0 Å². The number of nitrogens with zero attached hydrogens (tertiary/aromatic N) is 2. The summed E-state index contributed by atoms with van der Waals surface area (Å²) in [5.41, 5.74) is 0.750. The Bertz CT molecular complexity index is 771. The first kappa shape index (κ1) is 15.7. The smallest absolute Gasteiger partial charge is 0.157 e. The lowest BCUT2D eigenvalue weighted by molar-refractivity contribution is 0.0810. The first-order valence-electron chi connectivity index (χ1n) is 7.21. The third kappa shape index (κ3) is 2.88. The van der Waals surface area contributed by atoms with Crippen molar-refractivity contribution in [3.63, 3.8) is 0 Å². The van der Waals surface area contributed by atoms with Gasteiger partial charge in [0.15, 0.2) is 5.60 Å². The third-order valence-electron chi connectivity index (χ3n) is 3.79. The normalized spacial score (nSPS) is 13.7. The van der Waals surface area contributed by atoms with Crippen LogP contribution in [0.4, 0.5) is 0 Å². The minimum atomic E-state index is -1.35. The second-order valence-electron chi connectivity index (χ2n) is 5.22. The molecule has 1 heterocycles. The van der Waals surface area contributed by atoms with E-state index >= 15 is 0 Å². The predicted molar refractivity (Wildman–Crippen MR) is 89.2 cm³/mol. The van der Waals surface area contributed by atoms with Gasteiger partial charge in [-0.1, -0.05) is 54.1 Å². The van der Waals surface area contributed by atoms with Gasteiger partial charge in [0, 0.05) is 18.3 Å². The van der Waals surface area contributed by atoms with Crippen molar-refractivity contribution in [2.45, 2.75) is 12.3 Å². The molecule has 23 heavy (non-hydrogen) atoms. The number of rotatable bonds is 5. The zero-order valence-corrected chi connectivity index (χ0v) is 13.4. The van der Waals surface area contributed by atoms with Crippen molar-refractivity contribution in [3.05, 3.63) is 88.7 Å². The Morgan fingerprint density at radius 1 is 1.04 bits per heavy atom. The van der Waals surface area contributed by atoms with Crippen molar-refractivity contribution >= 4 is 11.6 Å². The van der Waals surface area contributed by atoms with Crippen molar-refractivity contribution in [1.29, 1.82) is 0 Å². The quantitative estimate of drug-likeness (QED) is 0.780. The molecule has 0 saturated carbocycles. The van der Waals surface area contributed by atoms with E-state index in [0.717, 1.165) is 5.56 Å². The third-order valence-corrected chi connectivity index (χ3v) is 4.04. The van der Waals surface area contributed by atoms with Crippen LogP contribution in [0.3, 0.4) is 0 Å². The van der Waals surface area contributed by atoms with Gasteiger partial charge in [-0.05, 0) is 29.3 Å². The molecule has 118 valence electrons. The summed E-state index contributed by atoms with van der Waals surface area (Å²) in [7, 11) is 1.59. The first-order chi connectivity index (χ1) is 11.2. The molecule has 2 aromatic carbocycles. The SMILES string of the molecule is COCn1nccc1C(O)(c1ccccc1)c1ccc(Cl)cc1. The highest BCUT2D eigenvalue weighted by molar-refractivity contribution is 6.30. The highest BCUT2D eigenvalue weighted by atomic mass is 35.5. The molecule has 0 spiro atoms. The van der Waals surface area contributed by atoms with Crippen LogP contribution < -0.4 is 0 Å². The molecular weight excluding hydrogens is 312 g/mol. The lowest BCUT2D eigenvalue weighted by Gasteiger charge is -2.30. The number of benzene rings is 2. The Morgan fingerprint density at radius 2 is 1.70 bits per heavy atom. The van der Waals surface area contributed by atoms with Gasteiger partial charge in [-0.25, -0.2) is 4.68 Å². The zero-order valence-electron chi connectivity index (χ0n) is 12.7. The topological polar surface area (TPSA) is 47.3 Å². The summed E-state index contributed by atoms with van der Waals surface area (Å²) in [6.45, 7) is 0.255. The largest absolute Gasteiger partial charge is 0.374 e. The van der Waals surface area contributed by atoms with Crippen LogP contribution in [0.15, 0.2) is 66.9 Å². The number of hydrogen-bond donors (Lipinski definition) is 1. The summed E-state index contributed by atoms with van der Waals surface area (Å²) >= 11 is 5.99. The Morgan fingerprint density at radius 3 is 2.35 bits per heavy atom. The van der Waals surface area contributed by atoms with Gasteiger partial charge < -0.3 is 9.84 Å². The maximum atomic E-state index is 11.7. The van der Waals surface area contributed by atoms with E-state index in [1.54, 1.807) is 36.2 Å². The van der Waals surface area contributed by atoms with Crippen LogP contribution in [0.5, 0.6) is 0 Å². The minimum absolute atomic E-state index is 0.255. The molecule has 3 aromatic rings. The van der Waals surface area contributed by atoms with Gasteiger partial charge >= 0.3 is 0 Å². The minimum Gasteiger partial charge on any atom is -0.374 e. The summed E-state index contributed by atoms with van der Waals surface area (Å²) in [6.07, 6.45) is 1.65. The van der Waals surface area contributed by atoms with Gasteiger partial charge in [-0.3, -0.25) is 0 Å². The zero-order chi connectivity index (χ0) is 16.3. The van der Waals surface area contributed by atoms with Gasteiger partial charge in [0.2, 0.25) is 0 Å². The van der Waals surface area contributed by atoms with E-state index in [1.807, 2.05) is 42.5 Å². The molecule has 1 aromatic heterocycles. The van der Waals surface area contributed by atoms with Crippen molar-refractivity contribution in [2.75, 3.05) is 7.11 Å². The van der Waals surface area contributed by atoms with Crippen LogP contribution >= 0.6 is 11.6 Å². The fourth-order valence-corrected chi connectivity index (χ4v) is 2.82. The predicted octanol–water partition coefficient (Wildman–Crippen LogP) is 3.42. The van der Waals surface area contributed by atoms with Crippen molar-refractivity contribution < 1.29 is 9.84 Å². The maximum absolute atomic E-state index is 11.7. The maximum Gasteiger partial charge on any atom is 0.157 e. The average molecular weight is 329 g/mol. The Hall–Kier alpha value is -2.14. The fraction of sp³-hybridized carbons (Fsp3) is 0.167. The van der Waals surface area contributed by atoms with Gasteiger partial charge in [-0.2, -0.15) is 5.10 Å². The van der Waals surface area contributed by atoms with Crippen molar-refractivity contribution in [1.82, 2.24) is 9.78 Å². The van der Waals surface area contributed by atoms with Gasteiger partial charge in [0.1, 0.15) is 6.73 Å². The van der Waals surface area contributed by atoms with E-state index in [0.29, 0.717) is 16.3 Å². The number of hydrogen-bond acceptors (Lipinski definition) is 3. The fourth-order valence-electron chi connectivity index (χ4n) is 2.70. The Kier molecular flexibility index (Phi) is 4.48. The lowest BCUT2D eigenvalue weighted by atomic mass is 9.83. The molecule has 0 radical (unpaired) electrons. The highest BCUT2D eigenvalue weighted by Gasteiger charge is 2.36. The van der Waals surface area contributed by atoms with Crippen molar-refractivity contribution in [3.8, 4) is 0 Å². The molecule has 0 aliphatic heterocycles. The number of methoxy groups -OCH3 is 1. The summed E-state index contributed by atoms with van der Waals surface area (Å²) in [5, 5.41) is 16.5. The molecule has 1 atom stereocenters. The van der Waals surface area contributed by atoms with Crippen LogP contribution in [0.25, 0.3) is 0 Å². The molecule has 1 N–H and O–H groups in total. The Labute approximate surface area is 139 Å². The molecule has 0 bridgehead atoms. The monoisotopic (exact) mass is 328 g/mol. The van der Waals surface area contributed by atoms with E-state index in [-0.39, 0.29) is 6.73 Å². The molecule has 0 fully saturated rings. The second kappa shape index (κ2) is 6.54. The van der Waals surface area contributed by atoms with E-state index in [1.165, 1.54) is 0 Å². The summed E-state index contributed by atoms with van der Waals surface area (Å²) in [6, 6.07) is 18.4. The molecule has 4 nitrogen and oxygen atoms in total. The standard InChI is InChI=1S/C18H17ClN2O2/c1-23-13-21-17(11-12-20-21)18(22,14-5-3-2-4-6-14)15-7-9-16(19)10-8-15/h2-12,22H,13H2,1H3. The Balaban J connectivity index is 2.21. The van der Waals surface area contributed by atoms with Gasteiger partial charge in [0.25, 0.3) is 0 Å². The van der Waals surface area contributed by atoms with Crippen LogP contribution in [-0.2, 0) is 17.1 Å².